The van der Waals surface area contributed by atoms with Crippen molar-refractivity contribution >= 4 is 0 Å². The first-order valence-electron chi connectivity index (χ1n) is 9.76. The van der Waals surface area contributed by atoms with E-state index < -0.39 is 0 Å². The van der Waals surface area contributed by atoms with Gasteiger partial charge in [0.2, 0.25) is 0 Å². The van der Waals surface area contributed by atoms with Crippen molar-refractivity contribution in [1.29, 1.82) is 0 Å². The van der Waals surface area contributed by atoms with E-state index in [9.17, 15) is 0 Å². The first-order chi connectivity index (χ1) is 10.3. The van der Waals surface area contributed by atoms with E-state index in [1.54, 1.807) is 0 Å². The van der Waals surface area contributed by atoms with Gasteiger partial charge < -0.3 is 5.32 Å². The Morgan fingerprint density at radius 1 is 0.905 bits per heavy atom. The number of piperidine rings is 1. The molecule has 0 aromatic heterocycles. The van der Waals surface area contributed by atoms with Crippen LogP contribution in [-0.4, -0.2) is 36.6 Å². The fourth-order valence-corrected chi connectivity index (χ4v) is 4.85. The van der Waals surface area contributed by atoms with E-state index in [4.69, 9.17) is 0 Å². The molecule has 1 atom stereocenters. The van der Waals surface area contributed by atoms with E-state index in [0.29, 0.717) is 5.54 Å². The van der Waals surface area contributed by atoms with Crippen molar-refractivity contribution in [3.63, 3.8) is 0 Å². The van der Waals surface area contributed by atoms with E-state index in [1.165, 1.54) is 96.6 Å². The largest absolute Gasteiger partial charge is 0.315 e. The number of likely N-dealkylation sites (tertiary alicyclic amines) is 1. The lowest BCUT2D eigenvalue weighted by Gasteiger charge is -2.48. The van der Waals surface area contributed by atoms with E-state index in [-0.39, 0.29) is 0 Å². The van der Waals surface area contributed by atoms with Crippen LogP contribution >= 0.6 is 0 Å². The van der Waals surface area contributed by atoms with Crippen molar-refractivity contribution < 1.29 is 0 Å². The SMILES string of the molecule is CCCCCCCC(NC)C1(N2CCCCC2)CCCC1. The minimum atomic E-state index is 0.500. The maximum absolute atomic E-state index is 3.73. The van der Waals surface area contributed by atoms with Crippen molar-refractivity contribution in [1.82, 2.24) is 10.2 Å². The Labute approximate surface area is 133 Å². The summed E-state index contributed by atoms with van der Waals surface area (Å²) in [5, 5.41) is 3.73. The minimum Gasteiger partial charge on any atom is -0.315 e. The normalized spacial score (nSPS) is 24.3. The summed E-state index contributed by atoms with van der Waals surface area (Å²) in [7, 11) is 2.21. The number of rotatable bonds is 9. The van der Waals surface area contributed by atoms with Crippen LogP contribution in [0.4, 0.5) is 0 Å². The quantitative estimate of drug-likeness (QED) is 0.618. The summed E-state index contributed by atoms with van der Waals surface area (Å²) in [6.45, 7) is 5.02. The maximum Gasteiger partial charge on any atom is 0.0362 e. The molecule has 2 heteroatoms. The summed E-state index contributed by atoms with van der Waals surface area (Å²) >= 11 is 0. The van der Waals surface area contributed by atoms with Crippen LogP contribution in [0.2, 0.25) is 0 Å². The van der Waals surface area contributed by atoms with Gasteiger partial charge in [-0.05, 0) is 52.2 Å². The van der Waals surface area contributed by atoms with Gasteiger partial charge in [0.15, 0.2) is 0 Å². The highest BCUT2D eigenvalue weighted by atomic mass is 15.2. The van der Waals surface area contributed by atoms with Crippen molar-refractivity contribution in [2.24, 2.45) is 0 Å². The Hall–Kier alpha value is -0.0800. The topological polar surface area (TPSA) is 15.3 Å². The fraction of sp³-hybridized carbons (Fsp3) is 1.00. The minimum absolute atomic E-state index is 0.500. The van der Waals surface area contributed by atoms with Gasteiger partial charge in [-0.25, -0.2) is 0 Å². The van der Waals surface area contributed by atoms with Gasteiger partial charge in [-0.2, -0.15) is 0 Å². The van der Waals surface area contributed by atoms with Gasteiger partial charge in [0.25, 0.3) is 0 Å². The van der Waals surface area contributed by atoms with Gasteiger partial charge in [-0.3, -0.25) is 4.90 Å². The fourth-order valence-electron chi connectivity index (χ4n) is 4.85. The summed E-state index contributed by atoms with van der Waals surface area (Å²) in [6.07, 6.45) is 18.5. The zero-order valence-electron chi connectivity index (χ0n) is 14.6. The van der Waals surface area contributed by atoms with Crippen LogP contribution in [0.1, 0.15) is 90.4 Å². The first-order valence-corrected chi connectivity index (χ1v) is 9.76. The molecule has 1 saturated heterocycles. The van der Waals surface area contributed by atoms with Gasteiger partial charge in [-0.15, -0.1) is 0 Å². The van der Waals surface area contributed by atoms with Crippen LogP contribution in [0.3, 0.4) is 0 Å². The molecular formula is C19H38N2. The lowest BCUT2D eigenvalue weighted by Crippen LogP contribution is -2.60. The Balaban J connectivity index is 1.90. The Morgan fingerprint density at radius 3 is 2.19 bits per heavy atom. The Bertz CT molecular complexity index is 265. The van der Waals surface area contributed by atoms with Gasteiger partial charge in [0.1, 0.15) is 0 Å². The predicted molar refractivity (Wildman–Crippen MR) is 92.8 cm³/mol. The standard InChI is InChI=1S/C19H38N2/c1-3-4-5-6-8-13-18(20-2)19(14-9-10-15-19)21-16-11-7-12-17-21/h18,20H,3-17H2,1-2H3. The third kappa shape index (κ3) is 4.45. The van der Waals surface area contributed by atoms with Crippen LogP contribution in [-0.2, 0) is 0 Å². The van der Waals surface area contributed by atoms with Gasteiger partial charge in [0, 0.05) is 11.6 Å². The van der Waals surface area contributed by atoms with Crippen LogP contribution in [0.5, 0.6) is 0 Å². The molecule has 0 aromatic rings. The van der Waals surface area contributed by atoms with Gasteiger partial charge in [0.05, 0.1) is 0 Å². The average molecular weight is 295 g/mol. The summed E-state index contributed by atoms with van der Waals surface area (Å²) in [6, 6.07) is 0.722. The van der Waals surface area contributed by atoms with E-state index >= 15 is 0 Å². The molecule has 1 aliphatic heterocycles. The molecule has 2 fully saturated rings. The van der Waals surface area contributed by atoms with Gasteiger partial charge in [-0.1, -0.05) is 58.3 Å². The monoisotopic (exact) mass is 294 g/mol. The molecule has 1 unspecified atom stereocenters. The summed E-state index contributed by atoms with van der Waals surface area (Å²) < 4.78 is 0. The molecular weight excluding hydrogens is 256 g/mol. The van der Waals surface area contributed by atoms with Crippen LogP contribution in [0, 0.1) is 0 Å². The highest BCUT2D eigenvalue weighted by molar-refractivity contribution is 5.03. The average Bonchev–Trinajstić information content (AvgIpc) is 3.02. The molecule has 0 aromatic carbocycles. The van der Waals surface area contributed by atoms with Crippen molar-refractivity contribution in [3.8, 4) is 0 Å². The molecule has 0 amide bonds. The van der Waals surface area contributed by atoms with Crippen molar-refractivity contribution in [2.45, 2.75) is 102 Å². The second kappa shape index (κ2) is 9.15. The smallest absolute Gasteiger partial charge is 0.0362 e. The summed E-state index contributed by atoms with van der Waals surface area (Å²) in [5.74, 6) is 0. The number of likely N-dealkylation sites (N-methyl/N-ethyl adjacent to an activating group) is 1. The van der Waals surface area contributed by atoms with E-state index in [1.807, 2.05) is 0 Å². The Kier molecular flexibility index (Phi) is 7.53. The molecule has 2 aliphatic rings. The second-order valence-corrected chi connectivity index (χ2v) is 7.40. The van der Waals surface area contributed by atoms with Crippen LogP contribution in [0.15, 0.2) is 0 Å². The summed E-state index contributed by atoms with van der Waals surface area (Å²) in [4.78, 5) is 2.89. The third-order valence-electron chi connectivity index (χ3n) is 6.05. The number of hydrogen-bond acceptors (Lipinski definition) is 2. The van der Waals surface area contributed by atoms with Crippen LogP contribution < -0.4 is 5.32 Å². The number of unbranched alkanes of at least 4 members (excludes halogenated alkanes) is 4. The first kappa shape index (κ1) is 17.3. The molecule has 21 heavy (non-hydrogen) atoms. The molecule has 2 rings (SSSR count). The highest BCUT2D eigenvalue weighted by Gasteiger charge is 2.44. The van der Waals surface area contributed by atoms with Crippen molar-refractivity contribution in [2.75, 3.05) is 20.1 Å². The number of nitrogens with one attached hydrogen (secondary N) is 1. The molecule has 1 N–H and O–H groups in total. The molecule has 0 spiro atoms. The molecule has 2 nitrogen and oxygen atoms in total. The number of hydrogen-bond donors (Lipinski definition) is 1. The highest BCUT2D eigenvalue weighted by Crippen LogP contribution is 2.41. The molecule has 1 saturated carbocycles. The molecule has 124 valence electrons. The van der Waals surface area contributed by atoms with E-state index in [0.717, 1.165) is 6.04 Å². The zero-order valence-corrected chi connectivity index (χ0v) is 14.6. The molecule has 0 bridgehead atoms. The van der Waals surface area contributed by atoms with Gasteiger partial charge >= 0.3 is 0 Å². The molecule has 1 heterocycles. The predicted octanol–water partition coefficient (Wildman–Crippen LogP) is 4.73. The Morgan fingerprint density at radius 2 is 1.57 bits per heavy atom. The lowest BCUT2D eigenvalue weighted by atomic mass is 9.82. The second-order valence-electron chi connectivity index (χ2n) is 7.40. The summed E-state index contributed by atoms with van der Waals surface area (Å²) in [5.41, 5.74) is 0.500. The molecule has 1 aliphatic carbocycles. The number of nitrogens with zero attached hydrogens (tertiary/aromatic N) is 1. The molecule has 0 radical (unpaired) electrons. The van der Waals surface area contributed by atoms with Crippen LogP contribution in [0.25, 0.3) is 0 Å². The lowest BCUT2D eigenvalue weighted by molar-refractivity contribution is 0.0355. The van der Waals surface area contributed by atoms with Crippen molar-refractivity contribution in [3.05, 3.63) is 0 Å². The zero-order chi connectivity index (χ0) is 15.0. The third-order valence-corrected chi connectivity index (χ3v) is 6.05. The maximum atomic E-state index is 3.73. The van der Waals surface area contributed by atoms with E-state index in [2.05, 4.69) is 24.2 Å².